The molecule has 57 heavy (non-hydrogen) atoms. The van der Waals surface area contributed by atoms with E-state index in [-0.39, 0.29) is 0 Å². The van der Waals surface area contributed by atoms with E-state index in [4.69, 9.17) is 4.42 Å². The van der Waals surface area contributed by atoms with Gasteiger partial charge in [-0.25, -0.2) is 0 Å². The second kappa shape index (κ2) is 13.6. The first-order valence-electron chi connectivity index (χ1n) is 19.4. The summed E-state index contributed by atoms with van der Waals surface area (Å²) in [7, 11) is 0. The lowest BCUT2D eigenvalue weighted by molar-refractivity contribution is 0.674. The average Bonchev–Trinajstić information content (AvgIpc) is 3.82. The molecular weight excluding hydrogens is 693 g/mol. The highest BCUT2D eigenvalue weighted by Gasteiger charge is 2.22. The molecule has 0 unspecified atom stereocenters. The van der Waals surface area contributed by atoms with Crippen LogP contribution in [0.15, 0.2) is 223 Å². The van der Waals surface area contributed by atoms with E-state index >= 15 is 0 Å². The standard InChI is InChI=1S/C54H36N2O/c1-3-16-38(17-4-1)46-25-9-11-30-50(46)55(42-34-32-39(33-35-42)45-27-14-19-37-18-7-8-24-44(37)45)43-23-13-20-40(36-43)47-28-15-29-49-52-54(57-53(47)49)48-26-10-12-31-51(48)56(52)41-21-5-2-6-22-41/h1-36H. The highest BCUT2D eigenvalue weighted by Crippen LogP contribution is 2.45. The third-order valence-corrected chi connectivity index (χ3v) is 11.2. The lowest BCUT2D eigenvalue weighted by Crippen LogP contribution is -2.11. The quantitative estimate of drug-likeness (QED) is 0.163. The first kappa shape index (κ1) is 32.8. The Morgan fingerprint density at radius 1 is 0.368 bits per heavy atom. The first-order valence-corrected chi connectivity index (χ1v) is 19.4. The molecule has 0 N–H and O–H groups in total. The molecule has 0 fully saturated rings. The largest absolute Gasteiger partial charge is 0.453 e. The molecule has 0 aliphatic heterocycles. The topological polar surface area (TPSA) is 21.3 Å². The van der Waals surface area contributed by atoms with E-state index in [9.17, 15) is 0 Å². The van der Waals surface area contributed by atoms with Gasteiger partial charge in [0.15, 0.2) is 5.58 Å². The van der Waals surface area contributed by atoms with Crippen molar-refractivity contribution in [3.63, 3.8) is 0 Å². The molecule has 2 heterocycles. The zero-order valence-electron chi connectivity index (χ0n) is 31.1. The van der Waals surface area contributed by atoms with Gasteiger partial charge in [0.25, 0.3) is 0 Å². The van der Waals surface area contributed by atoms with Crippen molar-refractivity contribution < 1.29 is 4.42 Å². The van der Waals surface area contributed by atoms with E-state index in [1.165, 1.54) is 27.5 Å². The van der Waals surface area contributed by atoms with Crippen LogP contribution in [0.1, 0.15) is 0 Å². The van der Waals surface area contributed by atoms with Gasteiger partial charge in [0.2, 0.25) is 0 Å². The van der Waals surface area contributed by atoms with E-state index in [2.05, 4.69) is 228 Å². The van der Waals surface area contributed by atoms with Crippen molar-refractivity contribution in [2.45, 2.75) is 0 Å². The van der Waals surface area contributed by atoms with E-state index in [0.29, 0.717) is 0 Å². The fraction of sp³-hybridized carbons (Fsp3) is 0. The van der Waals surface area contributed by atoms with Crippen LogP contribution in [-0.4, -0.2) is 4.57 Å². The molecular formula is C54H36N2O. The average molecular weight is 729 g/mol. The van der Waals surface area contributed by atoms with E-state index in [1.807, 2.05) is 0 Å². The van der Waals surface area contributed by atoms with Crippen molar-refractivity contribution in [3.05, 3.63) is 218 Å². The van der Waals surface area contributed by atoms with Crippen molar-refractivity contribution >= 4 is 60.8 Å². The summed E-state index contributed by atoms with van der Waals surface area (Å²) in [6, 6.07) is 77.9. The number of nitrogens with zero attached hydrogens (tertiary/aromatic N) is 2. The summed E-state index contributed by atoms with van der Waals surface area (Å²) in [6.07, 6.45) is 0. The molecule has 0 bridgehead atoms. The van der Waals surface area contributed by atoms with Crippen LogP contribution in [-0.2, 0) is 0 Å². The molecule has 9 aromatic carbocycles. The molecule has 268 valence electrons. The SMILES string of the molecule is c1ccc(-c2ccccc2N(c2ccc(-c3cccc4ccccc34)cc2)c2cccc(-c3cccc4c3oc3c5ccccc5n(-c5ccccc5)c43)c2)cc1. The van der Waals surface area contributed by atoms with Crippen molar-refractivity contribution in [1.29, 1.82) is 0 Å². The Bertz CT molecular complexity index is 3220. The minimum atomic E-state index is 0.880. The zero-order valence-corrected chi connectivity index (χ0v) is 31.1. The molecule has 2 aromatic heterocycles. The summed E-state index contributed by atoms with van der Waals surface area (Å²) in [5, 5.41) is 4.68. The highest BCUT2D eigenvalue weighted by molar-refractivity contribution is 6.18. The van der Waals surface area contributed by atoms with Crippen molar-refractivity contribution in [2.24, 2.45) is 0 Å². The van der Waals surface area contributed by atoms with Crippen molar-refractivity contribution in [1.82, 2.24) is 4.57 Å². The molecule has 0 amide bonds. The third-order valence-electron chi connectivity index (χ3n) is 11.2. The summed E-state index contributed by atoms with van der Waals surface area (Å²) < 4.78 is 9.29. The number of rotatable bonds is 7. The van der Waals surface area contributed by atoms with Crippen LogP contribution < -0.4 is 4.90 Å². The van der Waals surface area contributed by atoms with Crippen molar-refractivity contribution in [3.8, 4) is 39.1 Å². The molecule has 3 heteroatoms. The van der Waals surface area contributed by atoms with Gasteiger partial charge in [0.05, 0.1) is 11.2 Å². The Labute approximate surface area is 330 Å². The summed E-state index contributed by atoms with van der Waals surface area (Å²) in [4.78, 5) is 2.38. The van der Waals surface area contributed by atoms with Gasteiger partial charge in [-0.1, -0.05) is 158 Å². The van der Waals surface area contributed by atoms with Gasteiger partial charge in [-0.05, 0) is 93.7 Å². The fourth-order valence-corrected chi connectivity index (χ4v) is 8.60. The molecule has 0 saturated carbocycles. The van der Waals surface area contributed by atoms with Crippen LogP contribution in [0.2, 0.25) is 0 Å². The Morgan fingerprint density at radius 3 is 1.82 bits per heavy atom. The Balaban J connectivity index is 1.09. The van der Waals surface area contributed by atoms with Crippen LogP contribution in [0, 0.1) is 0 Å². The van der Waals surface area contributed by atoms with Gasteiger partial charge in [-0.3, -0.25) is 0 Å². The zero-order chi connectivity index (χ0) is 37.7. The number of para-hydroxylation sites is 4. The third kappa shape index (κ3) is 5.51. The smallest absolute Gasteiger partial charge is 0.161 e. The molecule has 11 aromatic rings. The maximum Gasteiger partial charge on any atom is 0.161 e. The molecule has 11 rings (SSSR count). The summed E-state index contributed by atoms with van der Waals surface area (Å²) in [6.45, 7) is 0. The fourth-order valence-electron chi connectivity index (χ4n) is 8.60. The van der Waals surface area contributed by atoms with E-state index in [1.54, 1.807) is 0 Å². The van der Waals surface area contributed by atoms with Crippen molar-refractivity contribution in [2.75, 3.05) is 4.90 Å². The van der Waals surface area contributed by atoms with Gasteiger partial charge in [-0.2, -0.15) is 0 Å². The maximum absolute atomic E-state index is 6.95. The number of furan rings is 1. The summed E-state index contributed by atoms with van der Waals surface area (Å²) in [5.74, 6) is 0. The van der Waals surface area contributed by atoms with Crippen LogP contribution in [0.3, 0.4) is 0 Å². The summed E-state index contributed by atoms with van der Waals surface area (Å²) in [5.41, 5.74) is 15.2. The van der Waals surface area contributed by atoms with Gasteiger partial charge < -0.3 is 13.9 Å². The van der Waals surface area contributed by atoms with Gasteiger partial charge in [0.1, 0.15) is 11.1 Å². The normalized spacial score (nSPS) is 11.5. The Hall–Kier alpha value is -7.62. The predicted octanol–water partition coefficient (Wildman–Crippen LogP) is 15.2. The highest BCUT2D eigenvalue weighted by atomic mass is 16.3. The second-order valence-corrected chi connectivity index (χ2v) is 14.5. The number of hydrogen-bond donors (Lipinski definition) is 0. The number of anilines is 3. The monoisotopic (exact) mass is 728 g/mol. The second-order valence-electron chi connectivity index (χ2n) is 14.5. The lowest BCUT2D eigenvalue weighted by atomic mass is 9.97. The molecule has 0 atom stereocenters. The van der Waals surface area contributed by atoms with Crippen LogP contribution in [0.5, 0.6) is 0 Å². The van der Waals surface area contributed by atoms with E-state index < -0.39 is 0 Å². The van der Waals surface area contributed by atoms with Crippen LogP contribution in [0.25, 0.3) is 82.8 Å². The number of fused-ring (bicyclic) bond motifs is 6. The molecule has 0 aliphatic rings. The Morgan fingerprint density at radius 2 is 0.965 bits per heavy atom. The minimum Gasteiger partial charge on any atom is -0.453 e. The first-order chi connectivity index (χ1) is 28.3. The molecule has 0 radical (unpaired) electrons. The predicted molar refractivity (Wildman–Crippen MR) is 239 cm³/mol. The van der Waals surface area contributed by atoms with Gasteiger partial charge in [0, 0.05) is 39.0 Å². The molecule has 0 aliphatic carbocycles. The summed E-state index contributed by atoms with van der Waals surface area (Å²) >= 11 is 0. The number of benzene rings is 9. The number of hydrogen-bond acceptors (Lipinski definition) is 2. The maximum atomic E-state index is 6.95. The molecule has 3 nitrogen and oxygen atoms in total. The number of aromatic nitrogens is 1. The van der Waals surface area contributed by atoms with Gasteiger partial charge in [-0.15, -0.1) is 0 Å². The van der Waals surface area contributed by atoms with Crippen LogP contribution in [0.4, 0.5) is 17.1 Å². The molecule has 0 saturated heterocycles. The Kier molecular flexibility index (Phi) is 7.82. The molecule has 0 spiro atoms. The lowest BCUT2D eigenvalue weighted by Gasteiger charge is -2.28. The minimum absolute atomic E-state index is 0.880. The van der Waals surface area contributed by atoms with Gasteiger partial charge >= 0.3 is 0 Å². The van der Waals surface area contributed by atoms with Crippen LogP contribution >= 0.6 is 0 Å². The van der Waals surface area contributed by atoms with E-state index in [0.717, 1.165) is 72.4 Å².